The Kier molecular flexibility index (Phi) is 4.25. The lowest BCUT2D eigenvalue weighted by Crippen LogP contribution is -2.17. The van der Waals surface area contributed by atoms with Gasteiger partial charge in [-0.25, -0.2) is 4.98 Å². The van der Waals surface area contributed by atoms with Gasteiger partial charge in [0.15, 0.2) is 0 Å². The van der Waals surface area contributed by atoms with E-state index in [1.807, 2.05) is 18.4 Å². The second kappa shape index (κ2) is 5.89. The zero-order valence-corrected chi connectivity index (χ0v) is 13.9. The molecule has 1 aliphatic rings. The van der Waals surface area contributed by atoms with E-state index in [0.717, 1.165) is 11.0 Å². The van der Waals surface area contributed by atoms with Crippen molar-refractivity contribution >= 4 is 40.2 Å². The van der Waals surface area contributed by atoms with E-state index in [9.17, 15) is 10.2 Å². The number of anilines is 1. The number of benzene rings is 1. The molecule has 7 heteroatoms. The van der Waals surface area contributed by atoms with Crippen molar-refractivity contribution in [2.45, 2.75) is 51.0 Å². The van der Waals surface area contributed by atoms with Crippen LogP contribution in [0.1, 0.15) is 32.7 Å². The van der Waals surface area contributed by atoms with Gasteiger partial charge in [-0.15, -0.1) is 0 Å². The molecule has 0 spiro atoms. The molecular weight excluding hydrogens is 325 g/mol. The first-order chi connectivity index (χ1) is 10.4. The molecule has 120 valence electrons. The van der Waals surface area contributed by atoms with Crippen LogP contribution in [0.4, 0.5) is 5.95 Å². The number of aliphatic hydroxyl groups is 2. The van der Waals surface area contributed by atoms with Gasteiger partial charge in [0.05, 0.1) is 33.3 Å². The second-order valence-corrected chi connectivity index (χ2v) is 6.93. The molecule has 1 saturated carbocycles. The van der Waals surface area contributed by atoms with Gasteiger partial charge in [-0.1, -0.05) is 23.2 Å². The molecule has 1 fully saturated rings. The lowest BCUT2D eigenvalue weighted by Gasteiger charge is -2.18. The summed E-state index contributed by atoms with van der Waals surface area (Å²) in [5.41, 5.74) is 1.59. The topological polar surface area (TPSA) is 70.3 Å². The van der Waals surface area contributed by atoms with Crippen LogP contribution in [0.3, 0.4) is 0 Å². The number of fused-ring (bicyclic) bond motifs is 1. The van der Waals surface area contributed by atoms with Crippen molar-refractivity contribution in [1.29, 1.82) is 0 Å². The second-order valence-electron chi connectivity index (χ2n) is 6.12. The van der Waals surface area contributed by atoms with E-state index in [4.69, 9.17) is 23.2 Å². The van der Waals surface area contributed by atoms with Crippen molar-refractivity contribution in [3.05, 3.63) is 22.2 Å². The highest BCUT2D eigenvalue weighted by molar-refractivity contribution is 6.42. The molecule has 3 rings (SSSR count). The third-order valence-corrected chi connectivity index (χ3v) is 4.71. The first kappa shape index (κ1) is 15.9. The zero-order valence-electron chi connectivity index (χ0n) is 12.4. The average Bonchev–Trinajstić information content (AvgIpc) is 2.90. The summed E-state index contributed by atoms with van der Waals surface area (Å²) < 4.78 is 2.01. The summed E-state index contributed by atoms with van der Waals surface area (Å²) in [5, 5.41) is 24.0. The maximum absolute atomic E-state index is 9.86. The Morgan fingerprint density at radius 2 is 1.77 bits per heavy atom. The van der Waals surface area contributed by atoms with E-state index in [-0.39, 0.29) is 12.1 Å². The monoisotopic (exact) mass is 343 g/mol. The van der Waals surface area contributed by atoms with Crippen LogP contribution in [0.5, 0.6) is 0 Å². The van der Waals surface area contributed by atoms with Gasteiger partial charge in [-0.05, 0) is 38.8 Å². The Bertz CT molecular complexity index is 692. The minimum Gasteiger partial charge on any atom is -0.390 e. The fraction of sp³-hybridized carbons (Fsp3) is 0.533. The van der Waals surface area contributed by atoms with Gasteiger partial charge in [0.2, 0.25) is 5.95 Å². The van der Waals surface area contributed by atoms with E-state index >= 15 is 0 Å². The number of halogens is 2. The first-order valence-electron chi connectivity index (χ1n) is 7.36. The Labute approximate surface area is 138 Å². The normalized spacial score (nSPS) is 25.3. The average molecular weight is 344 g/mol. The number of hydrogen-bond acceptors (Lipinski definition) is 4. The number of nitrogens with one attached hydrogen (secondary N) is 1. The molecule has 0 saturated heterocycles. The molecule has 2 aromatic rings. The molecule has 22 heavy (non-hydrogen) atoms. The van der Waals surface area contributed by atoms with E-state index in [0.29, 0.717) is 28.8 Å². The van der Waals surface area contributed by atoms with Crippen LogP contribution >= 0.6 is 23.2 Å². The Hall–Kier alpha value is -1.01. The zero-order chi connectivity index (χ0) is 16.0. The third-order valence-electron chi connectivity index (χ3n) is 3.99. The summed E-state index contributed by atoms with van der Waals surface area (Å²) in [6.45, 7) is 4.06. The molecule has 0 aliphatic heterocycles. The predicted molar refractivity (Wildman–Crippen MR) is 88.8 cm³/mol. The lowest BCUT2D eigenvalue weighted by molar-refractivity contribution is 0.0438. The Morgan fingerprint density at radius 1 is 1.18 bits per heavy atom. The van der Waals surface area contributed by atoms with Gasteiger partial charge in [0, 0.05) is 12.1 Å². The quantitative estimate of drug-likeness (QED) is 0.800. The van der Waals surface area contributed by atoms with Gasteiger partial charge in [-0.2, -0.15) is 0 Å². The lowest BCUT2D eigenvalue weighted by atomic mass is 10.2. The van der Waals surface area contributed by atoms with Gasteiger partial charge in [-0.3, -0.25) is 0 Å². The Balaban J connectivity index is 2.14. The molecular formula is C15H19Cl2N3O2. The molecule has 5 nitrogen and oxygen atoms in total. The van der Waals surface area contributed by atoms with Crippen LogP contribution in [-0.2, 0) is 0 Å². The van der Waals surface area contributed by atoms with Gasteiger partial charge >= 0.3 is 0 Å². The van der Waals surface area contributed by atoms with E-state index in [2.05, 4.69) is 10.3 Å². The maximum atomic E-state index is 9.86. The van der Waals surface area contributed by atoms with E-state index < -0.39 is 12.2 Å². The SMILES string of the molecule is CC(C)Nc1nc2cc(Cl)c(Cl)cc2n1C1CC(O)C(O)C1. The molecule has 0 amide bonds. The highest BCUT2D eigenvalue weighted by atomic mass is 35.5. The van der Waals surface area contributed by atoms with Crippen LogP contribution in [0.25, 0.3) is 11.0 Å². The minimum absolute atomic E-state index is 0.0338. The van der Waals surface area contributed by atoms with Gasteiger partial charge < -0.3 is 20.1 Å². The van der Waals surface area contributed by atoms with Crippen molar-refractivity contribution in [2.75, 3.05) is 5.32 Å². The summed E-state index contributed by atoms with van der Waals surface area (Å²) >= 11 is 12.2. The highest BCUT2D eigenvalue weighted by Crippen LogP contribution is 2.38. The van der Waals surface area contributed by atoms with Gasteiger partial charge in [0.1, 0.15) is 0 Å². The van der Waals surface area contributed by atoms with Crippen molar-refractivity contribution in [3.63, 3.8) is 0 Å². The van der Waals surface area contributed by atoms with E-state index in [1.165, 1.54) is 0 Å². The van der Waals surface area contributed by atoms with E-state index in [1.54, 1.807) is 12.1 Å². The number of rotatable bonds is 3. The predicted octanol–water partition coefficient (Wildman–Crippen LogP) is 3.22. The first-order valence-corrected chi connectivity index (χ1v) is 8.12. The fourth-order valence-corrected chi connectivity index (χ4v) is 3.31. The number of aliphatic hydroxyl groups excluding tert-OH is 2. The third kappa shape index (κ3) is 2.78. The highest BCUT2D eigenvalue weighted by Gasteiger charge is 2.34. The molecule has 0 bridgehead atoms. The molecule has 1 heterocycles. The fourth-order valence-electron chi connectivity index (χ4n) is 3.00. The molecule has 3 N–H and O–H groups in total. The Morgan fingerprint density at radius 3 is 2.36 bits per heavy atom. The van der Waals surface area contributed by atoms with Crippen LogP contribution in [0.15, 0.2) is 12.1 Å². The maximum Gasteiger partial charge on any atom is 0.204 e. The van der Waals surface area contributed by atoms with Crippen molar-refractivity contribution < 1.29 is 10.2 Å². The van der Waals surface area contributed by atoms with Crippen molar-refractivity contribution in [1.82, 2.24) is 9.55 Å². The summed E-state index contributed by atoms with van der Waals surface area (Å²) in [6.07, 6.45) is -0.450. The number of aromatic nitrogens is 2. The number of nitrogens with zero attached hydrogens (tertiary/aromatic N) is 2. The number of hydrogen-bond donors (Lipinski definition) is 3. The smallest absolute Gasteiger partial charge is 0.204 e. The van der Waals surface area contributed by atoms with Gasteiger partial charge in [0.25, 0.3) is 0 Å². The summed E-state index contributed by atoms with van der Waals surface area (Å²) in [6, 6.07) is 3.70. The molecule has 1 aromatic carbocycles. The van der Waals surface area contributed by atoms with Crippen molar-refractivity contribution in [2.24, 2.45) is 0 Å². The molecule has 2 atom stereocenters. The summed E-state index contributed by atoms with van der Waals surface area (Å²) in [5.74, 6) is 0.703. The molecule has 0 radical (unpaired) electrons. The van der Waals surface area contributed by atoms with Crippen LogP contribution in [-0.4, -0.2) is 38.0 Å². The van der Waals surface area contributed by atoms with Crippen LogP contribution in [0.2, 0.25) is 10.0 Å². The molecule has 1 aromatic heterocycles. The number of imidazole rings is 1. The largest absolute Gasteiger partial charge is 0.390 e. The molecule has 1 aliphatic carbocycles. The summed E-state index contributed by atoms with van der Waals surface area (Å²) in [4.78, 5) is 4.59. The standard InChI is InChI=1S/C15H19Cl2N3O2/c1-7(2)18-15-19-11-5-9(16)10(17)6-12(11)20(15)8-3-13(21)14(22)4-8/h5-8,13-14,21-22H,3-4H2,1-2H3,(H,18,19). The van der Waals surface area contributed by atoms with Crippen LogP contribution in [0, 0.1) is 0 Å². The van der Waals surface area contributed by atoms with Crippen LogP contribution < -0.4 is 5.32 Å². The molecule has 2 unspecified atom stereocenters. The summed E-state index contributed by atoms with van der Waals surface area (Å²) in [7, 11) is 0. The van der Waals surface area contributed by atoms with Crippen molar-refractivity contribution in [3.8, 4) is 0 Å². The minimum atomic E-state index is -0.711.